The number of rotatable bonds is 2. The molecular weight excluding hydrogens is 276 g/mol. The standard InChI is InChI=1S/C14H18N2O3S/c1-7-4-10(5-8(2)19-7)16-13-11(9(3)15-16)6-12(20-13)14(17)18/h6-8,10H,4-5H2,1-3H3,(H,17,18)/t7-,8+,10?. The van der Waals surface area contributed by atoms with Crippen LogP contribution in [0.15, 0.2) is 6.07 Å². The van der Waals surface area contributed by atoms with Crippen molar-refractivity contribution in [3.05, 3.63) is 16.6 Å². The van der Waals surface area contributed by atoms with E-state index in [-0.39, 0.29) is 18.2 Å². The predicted molar refractivity (Wildman–Crippen MR) is 77.6 cm³/mol. The number of nitrogens with zero attached hydrogens (tertiary/aromatic N) is 2. The van der Waals surface area contributed by atoms with Crippen molar-refractivity contribution >= 4 is 27.5 Å². The van der Waals surface area contributed by atoms with Gasteiger partial charge in [0.1, 0.15) is 9.71 Å². The molecule has 2 aromatic rings. The smallest absolute Gasteiger partial charge is 0.345 e. The highest BCUT2D eigenvalue weighted by Crippen LogP contribution is 2.35. The molecule has 20 heavy (non-hydrogen) atoms. The quantitative estimate of drug-likeness (QED) is 0.923. The van der Waals surface area contributed by atoms with Crippen LogP contribution in [0.4, 0.5) is 0 Å². The van der Waals surface area contributed by atoms with Crippen LogP contribution in [0.2, 0.25) is 0 Å². The van der Waals surface area contributed by atoms with Gasteiger partial charge in [0.25, 0.3) is 0 Å². The Labute approximate surface area is 121 Å². The second-order valence-corrected chi connectivity index (χ2v) is 6.58. The normalized spacial score (nSPS) is 27.1. The first-order valence-corrected chi connectivity index (χ1v) is 7.64. The Morgan fingerprint density at radius 2 is 2.10 bits per heavy atom. The summed E-state index contributed by atoms with van der Waals surface area (Å²) in [6, 6.07) is 2.01. The van der Waals surface area contributed by atoms with Crippen LogP contribution in [0.5, 0.6) is 0 Å². The molecule has 1 saturated heterocycles. The lowest BCUT2D eigenvalue weighted by Gasteiger charge is -2.32. The van der Waals surface area contributed by atoms with E-state index < -0.39 is 5.97 Å². The molecule has 0 aromatic carbocycles. The summed E-state index contributed by atoms with van der Waals surface area (Å²) in [7, 11) is 0. The third kappa shape index (κ3) is 2.23. The summed E-state index contributed by atoms with van der Waals surface area (Å²) in [6.07, 6.45) is 2.26. The Kier molecular flexibility index (Phi) is 3.30. The van der Waals surface area contributed by atoms with Crippen molar-refractivity contribution in [2.24, 2.45) is 0 Å². The maximum Gasteiger partial charge on any atom is 0.345 e. The third-order valence-electron chi connectivity index (χ3n) is 3.80. The number of aromatic nitrogens is 2. The predicted octanol–water partition coefficient (Wildman–Crippen LogP) is 3.23. The van der Waals surface area contributed by atoms with E-state index in [1.54, 1.807) is 6.07 Å². The summed E-state index contributed by atoms with van der Waals surface area (Å²) in [5, 5.41) is 14.7. The molecule has 1 aliphatic rings. The van der Waals surface area contributed by atoms with Crippen molar-refractivity contribution in [2.45, 2.75) is 51.9 Å². The molecule has 108 valence electrons. The number of hydrogen-bond acceptors (Lipinski definition) is 4. The molecular formula is C14H18N2O3S. The fraction of sp³-hybridized carbons (Fsp3) is 0.571. The average molecular weight is 294 g/mol. The van der Waals surface area contributed by atoms with Gasteiger partial charge in [-0.1, -0.05) is 0 Å². The first-order valence-electron chi connectivity index (χ1n) is 6.83. The number of ether oxygens (including phenoxy) is 1. The van der Waals surface area contributed by atoms with Crippen LogP contribution < -0.4 is 0 Å². The van der Waals surface area contributed by atoms with E-state index in [0.717, 1.165) is 28.8 Å². The second kappa shape index (κ2) is 4.86. The minimum Gasteiger partial charge on any atom is -0.477 e. The maximum atomic E-state index is 11.1. The number of aryl methyl sites for hydroxylation is 1. The van der Waals surface area contributed by atoms with Gasteiger partial charge in [-0.05, 0) is 39.7 Å². The second-order valence-electron chi connectivity index (χ2n) is 5.55. The summed E-state index contributed by atoms with van der Waals surface area (Å²) in [5.74, 6) is -0.870. The number of carboxylic acid groups (broad SMARTS) is 1. The van der Waals surface area contributed by atoms with Gasteiger partial charge in [-0.3, -0.25) is 4.68 Å². The first kappa shape index (κ1) is 13.6. The summed E-state index contributed by atoms with van der Waals surface area (Å²) >= 11 is 1.31. The van der Waals surface area contributed by atoms with Crippen molar-refractivity contribution in [2.75, 3.05) is 0 Å². The van der Waals surface area contributed by atoms with Crippen LogP contribution in [0, 0.1) is 6.92 Å². The summed E-state index contributed by atoms with van der Waals surface area (Å²) in [5.41, 5.74) is 0.899. The van der Waals surface area contributed by atoms with E-state index in [1.165, 1.54) is 11.3 Å². The molecule has 1 fully saturated rings. The van der Waals surface area contributed by atoms with Gasteiger partial charge in [0.05, 0.1) is 23.9 Å². The van der Waals surface area contributed by atoms with E-state index >= 15 is 0 Å². The molecule has 3 rings (SSSR count). The van der Waals surface area contributed by atoms with Gasteiger partial charge >= 0.3 is 5.97 Å². The molecule has 0 aliphatic carbocycles. The number of carboxylic acids is 1. The fourth-order valence-electron chi connectivity index (χ4n) is 2.99. The molecule has 1 N–H and O–H groups in total. The number of thiophene rings is 1. The van der Waals surface area contributed by atoms with Crippen molar-refractivity contribution in [3.63, 3.8) is 0 Å². The van der Waals surface area contributed by atoms with Gasteiger partial charge in [-0.15, -0.1) is 11.3 Å². The molecule has 0 spiro atoms. The fourth-order valence-corrected chi connectivity index (χ4v) is 4.07. The number of aromatic carboxylic acids is 1. The first-order chi connectivity index (χ1) is 9.45. The molecule has 3 heterocycles. The molecule has 1 aliphatic heterocycles. The van der Waals surface area contributed by atoms with Gasteiger partial charge in [0, 0.05) is 5.39 Å². The monoisotopic (exact) mass is 294 g/mol. The van der Waals surface area contributed by atoms with Crippen molar-refractivity contribution in [1.29, 1.82) is 0 Å². The van der Waals surface area contributed by atoms with E-state index in [0.29, 0.717) is 4.88 Å². The molecule has 0 amide bonds. The minimum absolute atomic E-state index is 0.210. The summed E-state index contributed by atoms with van der Waals surface area (Å²) in [4.78, 5) is 12.5. The van der Waals surface area contributed by atoms with Gasteiger partial charge in [-0.2, -0.15) is 5.10 Å². The van der Waals surface area contributed by atoms with Crippen LogP contribution in [-0.4, -0.2) is 33.1 Å². The lowest BCUT2D eigenvalue weighted by Crippen LogP contribution is -2.31. The van der Waals surface area contributed by atoms with E-state index in [4.69, 9.17) is 9.84 Å². The molecule has 3 atom stereocenters. The lowest BCUT2D eigenvalue weighted by molar-refractivity contribution is -0.0498. The minimum atomic E-state index is -0.870. The number of hydrogen-bond donors (Lipinski definition) is 1. The van der Waals surface area contributed by atoms with E-state index in [1.807, 2.05) is 11.6 Å². The summed E-state index contributed by atoms with van der Waals surface area (Å²) in [6.45, 7) is 6.09. The molecule has 2 aromatic heterocycles. The Balaban J connectivity index is 2.04. The Hall–Kier alpha value is -1.40. The highest BCUT2D eigenvalue weighted by molar-refractivity contribution is 7.20. The van der Waals surface area contributed by atoms with Crippen LogP contribution in [0.1, 0.15) is 48.1 Å². The van der Waals surface area contributed by atoms with Crippen molar-refractivity contribution < 1.29 is 14.6 Å². The lowest BCUT2D eigenvalue weighted by atomic mass is 10.0. The zero-order chi connectivity index (χ0) is 14.4. The third-order valence-corrected chi connectivity index (χ3v) is 4.91. The van der Waals surface area contributed by atoms with Crippen molar-refractivity contribution in [1.82, 2.24) is 9.78 Å². The average Bonchev–Trinajstić information content (AvgIpc) is 2.89. The van der Waals surface area contributed by atoms with Gasteiger partial charge < -0.3 is 9.84 Å². The largest absolute Gasteiger partial charge is 0.477 e. The molecule has 0 saturated carbocycles. The van der Waals surface area contributed by atoms with Crippen LogP contribution >= 0.6 is 11.3 Å². The van der Waals surface area contributed by atoms with Crippen LogP contribution in [0.25, 0.3) is 10.2 Å². The topological polar surface area (TPSA) is 64.4 Å². The van der Waals surface area contributed by atoms with Gasteiger partial charge in [0.15, 0.2) is 0 Å². The Morgan fingerprint density at radius 1 is 1.45 bits per heavy atom. The highest BCUT2D eigenvalue weighted by atomic mass is 32.1. The molecule has 0 bridgehead atoms. The van der Waals surface area contributed by atoms with Gasteiger partial charge in [0.2, 0.25) is 0 Å². The summed E-state index contributed by atoms with van der Waals surface area (Å²) < 4.78 is 7.78. The van der Waals surface area contributed by atoms with E-state index in [9.17, 15) is 4.79 Å². The molecule has 1 unspecified atom stereocenters. The maximum absolute atomic E-state index is 11.1. The highest BCUT2D eigenvalue weighted by Gasteiger charge is 2.28. The SMILES string of the molecule is Cc1nn(C2C[C@@H](C)O[C@@H](C)C2)c2sc(C(=O)O)cc12. The number of carbonyl (C=O) groups is 1. The van der Waals surface area contributed by atoms with Gasteiger partial charge in [-0.25, -0.2) is 4.79 Å². The zero-order valence-electron chi connectivity index (χ0n) is 11.8. The van der Waals surface area contributed by atoms with Crippen LogP contribution in [-0.2, 0) is 4.74 Å². The Bertz CT molecular complexity index is 651. The van der Waals surface area contributed by atoms with Crippen LogP contribution in [0.3, 0.4) is 0 Å². The molecule has 5 nitrogen and oxygen atoms in total. The Morgan fingerprint density at radius 3 is 2.70 bits per heavy atom. The zero-order valence-corrected chi connectivity index (χ0v) is 12.6. The van der Waals surface area contributed by atoms with E-state index in [2.05, 4.69) is 18.9 Å². The molecule has 6 heteroatoms. The number of fused-ring (bicyclic) bond motifs is 1. The molecule has 0 radical (unpaired) electrons. The van der Waals surface area contributed by atoms with Crippen molar-refractivity contribution in [3.8, 4) is 0 Å².